The lowest BCUT2D eigenvalue weighted by Crippen LogP contribution is -2.48. The molecule has 2 aliphatic heterocycles. The van der Waals surface area contributed by atoms with Crippen molar-refractivity contribution in [1.82, 2.24) is 9.80 Å². The Labute approximate surface area is 122 Å². The van der Waals surface area contributed by atoms with Gasteiger partial charge in [-0.1, -0.05) is 6.42 Å². The monoisotopic (exact) mass is 279 g/mol. The lowest BCUT2D eigenvalue weighted by molar-refractivity contribution is -0.136. The summed E-state index contributed by atoms with van der Waals surface area (Å²) in [6.07, 6.45) is 9.30. The quantitative estimate of drug-likeness (QED) is 0.850. The van der Waals surface area contributed by atoms with Crippen molar-refractivity contribution >= 4 is 5.91 Å². The molecule has 3 rings (SSSR count). The molecule has 0 aromatic carbocycles. The molecule has 0 atom stereocenters. The van der Waals surface area contributed by atoms with Crippen LogP contribution in [-0.4, -0.2) is 54.5 Å². The second-order valence-corrected chi connectivity index (χ2v) is 7.09. The van der Waals surface area contributed by atoms with Crippen LogP contribution in [0.4, 0.5) is 0 Å². The highest BCUT2D eigenvalue weighted by atomic mass is 16.2. The van der Waals surface area contributed by atoms with E-state index in [2.05, 4.69) is 9.80 Å². The van der Waals surface area contributed by atoms with Gasteiger partial charge in [-0.2, -0.15) is 0 Å². The number of carbonyl (C=O) groups is 1. The summed E-state index contributed by atoms with van der Waals surface area (Å²) in [5, 5.41) is 0. The molecule has 0 bridgehead atoms. The first-order valence-electron chi connectivity index (χ1n) is 8.44. The molecule has 0 aromatic rings. The molecule has 20 heavy (non-hydrogen) atoms. The summed E-state index contributed by atoms with van der Waals surface area (Å²) in [6.45, 7) is 5.15. The molecule has 1 aliphatic carbocycles. The van der Waals surface area contributed by atoms with Gasteiger partial charge in [-0.3, -0.25) is 4.79 Å². The maximum Gasteiger partial charge on any atom is 0.223 e. The van der Waals surface area contributed by atoms with E-state index in [1.807, 2.05) is 0 Å². The Balaban J connectivity index is 1.46. The minimum absolute atomic E-state index is 0.156. The van der Waals surface area contributed by atoms with Gasteiger partial charge in [-0.05, 0) is 63.6 Å². The molecule has 4 nitrogen and oxygen atoms in total. The summed E-state index contributed by atoms with van der Waals surface area (Å²) < 4.78 is 0. The zero-order valence-corrected chi connectivity index (χ0v) is 12.6. The van der Waals surface area contributed by atoms with Crippen molar-refractivity contribution in [2.45, 2.75) is 57.4 Å². The number of carbonyl (C=O) groups excluding carboxylic acids is 1. The zero-order chi connectivity index (χ0) is 14.0. The van der Waals surface area contributed by atoms with E-state index in [-0.39, 0.29) is 5.41 Å². The van der Waals surface area contributed by atoms with Gasteiger partial charge < -0.3 is 15.5 Å². The van der Waals surface area contributed by atoms with Crippen molar-refractivity contribution in [2.75, 3.05) is 32.7 Å². The number of nitrogens with two attached hydrogens (primary N) is 1. The van der Waals surface area contributed by atoms with Crippen molar-refractivity contribution < 1.29 is 4.79 Å². The lowest BCUT2D eigenvalue weighted by Gasteiger charge is -2.43. The summed E-state index contributed by atoms with van der Waals surface area (Å²) in [4.78, 5) is 17.2. The third-order valence-electron chi connectivity index (χ3n) is 5.85. The van der Waals surface area contributed by atoms with Gasteiger partial charge in [0, 0.05) is 25.6 Å². The Hall–Kier alpha value is -0.610. The van der Waals surface area contributed by atoms with E-state index in [1.165, 1.54) is 45.2 Å². The van der Waals surface area contributed by atoms with Crippen LogP contribution < -0.4 is 5.73 Å². The summed E-state index contributed by atoms with van der Waals surface area (Å²) >= 11 is 0. The summed E-state index contributed by atoms with van der Waals surface area (Å²) in [5.41, 5.74) is 6.03. The molecule has 2 N–H and O–H groups in total. The highest BCUT2D eigenvalue weighted by Gasteiger charge is 2.39. The predicted octanol–water partition coefficient (Wildman–Crippen LogP) is 1.59. The van der Waals surface area contributed by atoms with Crippen LogP contribution >= 0.6 is 0 Å². The Morgan fingerprint density at radius 3 is 2.20 bits per heavy atom. The molecule has 3 fully saturated rings. The van der Waals surface area contributed by atoms with Gasteiger partial charge in [0.05, 0.1) is 0 Å². The molecule has 1 amide bonds. The Morgan fingerprint density at radius 1 is 1.05 bits per heavy atom. The number of amides is 1. The molecular weight excluding hydrogens is 250 g/mol. The fourth-order valence-electron chi connectivity index (χ4n) is 4.15. The van der Waals surface area contributed by atoms with Crippen LogP contribution in [0.5, 0.6) is 0 Å². The fraction of sp³-hybridized carbons (Fsp3) is 0.938. The van der Waals surface area contributed by atoms with E-state index >= 15 is 0 Å². The lowest BCUT2D eigenvalue weighted by atomic mass is 9.66. The maximum absolute atomic E-state index is 12.5. The van der Waals surface area contributed by atoms with Crippen molar-refractivity contribution in [2.24, 2.45) is 11.1 Å². The number of hydrogen-bond acceptors (Lipinski definition) is 3. The molecule has 2 heterocycles. The molecule has 0 aromatic heterocycles. The van der Waals surface area contributed by atoms with Gasteiger partial charge in [0.2, 0.25) is 5.91 Å². The summed E-state index contributed by atoms with van der Waals surface area (Å²) in [6, 6.07) is 0.730. The van der Waals surface area contributed by atoms with Gasteiger partial charge in [0.1, 0.15) is 0 Å². The molecular formula is C16H29N3O. The number of hydrogen-bond donors (Lipinski definition) is 1. The van der Waals surface area contributed by atoms with Crippen LogP contribution in [0.25, 0.3) is 0 Å². The highest BCUT2D eigenvalue weighted by Crippen LogP contribution is 2.43. The normalized spacial score (nSPS) is 27.6. The maximum atomic E-state index is 12.5. The molecule has 1 saturated carbocycles. The van der Waals surface area contributed by atoms with E-state index in [0.717, 1.165) is 32.0 Å². The molecule has 4 heteroatoms. The van der Waals surface area contributed by atoms with E-state index < -0.39 is 0 Å². The average molecular weight is 279 g/mol. The molecule has 0 unspecified atom stereocenters. The number of rotatable bonds is 4. The van der Waals surface area contributed by atoms with Crippen LogP contribution in [0.15, 0.2) is 0 Å². The zero-order valence-electron chi connectivity index (χ0n) is 12.6. The van der Waals surface area contributed by atoms with Gasteiger partial charge in [-0.25, -0.2) is 0 Å². The van der Waals surface area contributed by atoms with Crippen LogP contribution in [-0.2, 0) is 4.79 Å². The Morgan fingerprint density at radius 2 is 1.70 bits per heavy atom. The molecule has 2 saturated heterocycles. The van der Waals surface area contributed by atoms with Crippen molar-refractivity contribution in [1.29, 1.82) is 0 Å². The van der Waals surface area contributed by atoms with Crippen molar-refractivity contribution in [3.05, 3.63) is 0 Å². The summed E-state index contributed by atoms with van der Waals surface area (Å²) in [5.74, 6) is 0.357. The van der Waals surface area contributed by atoms with Gasteiger partial charge in [0.25, 0.3) is 0 Å². The first-order valence-corrected chi connectivity index (χ1v) is 8.44. The average Bonchev–Trinajstić information content (AvgIpc) is 2.97. The predicted molar refractivity (Wildman–Crippen MR) is 80.4 cm³/mol. The SMILES string of the molecule is NCC1(CC(=O)N2CCC(N3CCCC3)CC2)CCC1. The second-order valence-electron chi connectivity index (χ2n) is 7.09. The van der Waals surface area contributed by atoms with E-state index in [4.69, 9.17) is 5.73 Å². The van der Waals surface area contributed by atoms with Gasteiger partial charge >= 0.3 is 0 Å². The first-order chi connectivity index (χ1) is 9.72. The van der Waals surface area contributed by atoms with Gasteiger partial charge in [0.15, 0.2) is 0 Å². The highest BCUT2D eigenvalue weighted by molar-refractivity contribution is 5.77. The fourth-order valence-corrected chi connectivity index (χ4v) is 4.15. The number of piperidine rings is 1. The third-order valence-corrected chi connectivity index (χ3v) is 5.85. The smallest absolute Gasteiger partial charge is 0.223 e. The minimum Gasteiger partial charge on any atom is -0.343 e. The van der Waals surface area contributed by atoms with E-state index in [0.29, 0.717) is 18.9 Å². The molecule has 0 spiro atoms. The van der Waals surface area contributed by atoms with Gasteiger partial charge in [-0.15, -0.1) is 0 Å². The third kappa shape index (κ3) is 2.86. The van der Waals surface area contributed by atoms with Crippen molar-refractivity contribution in [3.63, 3.8) is 0 Å². The van der Waals surface area contributed by atoms with Crippen molar-refractivity contribution in [3.8, 4) is 0 Å². The minimum atomic E-state index is 0.156. The van der Waals surface area contributed by atoms with Crippen LogP contribution in [0.2, 0.25) is 0 Å². The topological polar surface area (TPSA) is 49.6 Å². The molecule has 114 valence electrons. The Bertz CT molecular complexity index is 334. The second kappa shape index (κ2) is 6.02. The summed E-state index contributed by atoms with van der Waals surface area (Å²) in [7, 11) is 0. The molecule has 0 radical (unpaired) electrons. The van der Waals surface area contributed by atoms with Crippen LogP contribution in [0.1, 0.15) is 51.4 Å². The largest absolute Gasteiger partial charge is 0.343 e. The number of likely N-dealkylation sites (tertiary alicyclic amines) is 2. The Kier molecular flexibility index (Phi) is 4.32. The van der Waals surface area contributed by atoms with E-state index in [1.54, 1.807) is 0 Å². The standard InChI is InChI=1S/C16H29N3O/c17-13-16(6-3-7-16)12-15(20)19-10-4-14(5-11-19)18-8-1-2-9-18/h14H,1-13,17H2. The number of nitrogens with zero attached hydrogens (tertiary/aromatic N) is 2. The van der Waals surface area contributed by atoms with E-state index in [9.17, 15) is 4.79 Å². The first kappa shape index (κ1) is 14.3. The van der Waals surface area contributed by atoms with Crippen LogP contribution in [0.3, 0.4) is 0 Å². The van der Waals surface area contributed by atoms with Crippen LogP contribution in [0, 0.1) is 5.41 Å². The molecule has 3 aliphatic rings.